The van der Waals surface area contributed by atoms with Crippen LogP contribution >= 0.6 is 0 Å². The van der Waals surface area contributed by atoms with E-state index in [-0.39, 0.29) is 24.1 Å². The first-order valence-corrected chi connectivity index (χ1v) is 10.5. The fraction of sp³-hybridized carbons (Fsp3) is 0.333. The highest BCUT2D eigenvalue weighted by atomic mass is 19.1. The number of halogens is 1. The molecule has 31 heavy (non-hydrogen) atoms. The van der Waals surface area contributed by atoms with Gasteiger partial charge in [-0.05, 0) is 26.0 Å². The van der Waals surface area contributed by atoms with Gasteiger partial charge in [0.15, 0.2) is 0 Å². The number of carbonyl (C=O) groups excluding carboxylic acids is 1. The molecule has 6 nitrogen and oxygen atoms in total. The van der Waals surface area contributed by atoms with Gasteiger partial charge in [-0.3, -0.25) is 4.79 Å². The molecule has 0 N–H and O–H groups in total. The number of nitrogens with zero attached hydrogens (tertiary/aromatic N) is 3. The van der Waals surface area contributed by atoms with Crippen molar-refractivity contribution >= 4 is 11.8 Å². The summed E-state index contributed by atoms with van der Waals surface area (Å²) in [6.45, 7) is 6.65. The maximum Gasteiger partial charge on any atom is 0.257 e. The van der Waals surface area contributed by atoms with E-state index in [4.69, 9.17) is 9.26 Å². The van der Waals surface area contributed by atoms with Gasteiger partial charge >= 0.3 is 0 Å². The zero-order chi connectivity index (χ0) is 21.8. The van der Waals surface area contributed by atoms with Crippen molar-refractivity contribution in [2.45, 2.75) is 26.4 Å². The standard InChI is InChI=1S/C24H26FN3O3/c1-17(2)28(23(29)19-10-6-7-11-21(19)25)16-20-22(18-8-4-3-5-9-18)26-31-24(20)27-12-14-30-15-13-27/h3-11,17H,12-16H2,1-2H3. The predicted molar refractivity (Wildman–Crippen MR) is 116 cm³/mol. The number of benzene rings is 2. The number of morpholine rings is 1. The van der Waals surface area contributed by atoms with Gasteiger partial charge in [-0.2, -0.15) is 0 Å². The van der Waals surface area contributed by atoms with E-state index in [1.54, 1.807) is 17.0 Å². The lowest BCUT2D eigenvalue weighted by atomic mass is 10.1. The molecular formula is C24H26FN3O3. The van der Waals surface area contributed by atoms with Crippen LogP contribution in [0.2, 0.25) is 0 Å². The van der Waals surface area contributed by atoms with E-state index in [1.165, 1.54) is 12.1 Å². The van der Waals surface area contributed by atoms with Crippen molar-refractivity contribution in [1.29, 1.82) is 0 Å². The number of hydrogen-bond acceptors (Lipinski definition) is 5. The van der Waals surface area contributed by atoms with Gasteiger partial charge in [0, 0.05) is 24.7 Å². The minimum Gasteiger partial charge on any atom is -0.378 e. The van der Waals surface area contributed by atoms with E-state index in [2.05, 4.69) is 10.1 Å². The summed E-state index contributed by atoms with van der Waals surface area (Å²) in [5.41, 5.74) is 2.46. The maximum atomic E-state index is 14.4. The topological polar surface area (TPSA) is 58.8 Å². The largest absolute Gasteiger partial charge is 0.378 e. The van der Waals surface area contributed by atoms with Crippen molar-refractivity contribution in [1.82, 2.24) is 10.1 Å². The second-order valence-electron chi connectivity index (χ2n) is 7.79. The number of ether oxygens (including phenoxy) is 1. The van der Waals surface area contributed by atoms with E-state index in [9.17, 15) is 9.18 Å². The molecule has 0 aliphatic carbocycles. The molecule has 0 atom stereocenters. The maximum absolute atomic E-state index is 14.4. The first-order valence-electron chi connectivity index (χ1n) is 10.5. The van der Waals surface area contributed by atoms with Crippen molar-refractivity contribution in [3.63, 3.8) is 0 Å². The second kappa shape index (κ2) is 9.31. The Bertz CT molecular complexity index is 1030. The molecule has 0 spiro atoms. The van der Waals surface area contributed by atoms with Gasteiger partial charge in [-0.25, -0.2) is 4.39 Å². The van der Waals surface area contributed by atoms with Gasteiger partial charge in [0.1, 0.15) is 11.5 Å². The molecule has 1 aliphatic heterocycles. The Hall–Kier alpha value is -3.19. The highest BCUT2D eigenvalue weighted by molar-refractivity contribution is 5.94. The summed E-state index contributed by atoms with van der Waals surface area (Å²) in [4.78, 5) is 17.0. The van der Waals surface area contributed by atoms with Crippen LogP contribution in [0.15, 0.2) is 59.1 Å². The molecule has 4 rings (SSSR count). The Morgan fingerprint density at radius 3 is 2.45 bits per heavy atom. The van der Waals surface area contributed by atoms with Crippen LogP contribution in [0.5, 0.6) is 0 Å². The summed E-state index contributed by atoms with van der Waals surface area (Å²) < 4.78 is 25.6. The van der Waals surface area contributed by atoms with E-state index in [0.29, 0.717) is 37.9 Å². The van der Waals surface area contributed by atoms with Crippen LogP contribution in [0.3, 0.4) is 0 Å². The smallest absolute Gasteiger partial charge is 0.257 e. The lowest BCUT2D eigenvalue weighted by Crippen LogP contribution is -2.39. The van der Waals surface area contributed by atoms with Gasteiger partial charge in [0.2, 0.25) is 5.88 Å². The number of amides is 1. The van der Waals surface area contributed by atoms with Crippen molar-refractivity contribution in [2.24, 2.45) is 0 Å². The highest BCUT2D eigenvalue weighted by Crippen LogP contribution is 2.33. The third-order valence-electron chi connectivity index (χ3n) is 5.43. The average Bonchev–Trinajstić information content (AvgIpc) is 3.22. The molecule has 0 saturated carbocycles. The lowest BCUT2D eigenvalue weighted by Gasteiger charge is -2.30. The van der Waals surface area contributed by atoms with Crippen LogP contribution in [-0.2, 0) is 11.3 Å². The zero-order valence-electron chi connectivity index (χ0n) is 17.8. The van der Waals surface area contributed by atoms with Crippen LogP contribution < -0.4 is 4.90 Å². The van der Waals surface area contributed by atoms with Gasteiger partial charge in [-0.1, -0.05) is 47.6 Å². The zero-order valence-corrected chi connectivity index (χ0v) is 17.8. The molecule has 1 aliphatic rings. The minimum atomic E-state index is -0.528. The number of aromatic nitrogens is 1. The number of anilines is 1. The first kappa shape index (κ1) is 21.1. The van der Waals surface area contributed by atoms with Gasteiger partial charge < -0.3 is 19.1 Å². The fourth-order valence-electron chi connectivity index (χ4n) is 3.73. The molecular weight excluding hydrogens is 397 g/mol. The first-order chi connectivity index (χ1) is 15.1. The van der Waals surface area contributed by atoms with Crippen LogP contribution in [0.25, 0.3) is 11.3 Å². The Labute approximate surface area is 181 Å². The Balaban J connectivity index is 1.74. The van der Waals surface area contributed by atoms with Gasteiger partial charge in [0.05, 0.1) is 30.9 Å². The molecule has 7 heteroatoms. The van der Waals surface area contributed by atoms with E-state index < -0.39 is 5.82 Å². The molecule has 2 heterocycles. The summed E-state index contributed by atoms with van der Waals surface area (Å²) in [6.07, 6.45) is 0. The van der Waals surface area contributed by atoms with Crippen LogP contribution in [-0.4, -0.2) is 48.3 Å². The summed E-state index contributed by atoms with van der Waals surface area (Å²) in [6, 6.07) is 15.7. The lowest BCUT2D eigenvalue weighted by molar-refractivity contribution is 0.0685. The molecule has 1 aromatic heterocycles. The van der Waals surface area contributed by atoms with Crippen LogP contribution in [0.1, 0.15) is 29.8 Å². The molecule has 1 fully saturated rings. The van der Waals surface area contributed by atoms with Crippen LogP contribution in [0.4, 0.5) is 10.3 Å². The van der Waals surface area contributed by atoms with Crippen molar-refractivity contribution in [3.8, 4) is 11.3 Å². The number of carbonyl (C=O) groups is 1. The van der Waals surface area contributed by atoms with Crippen molar-refractivity contribution in [3.05, 3.63) is 71.5 Å². The SMILES string of the molecule is CC(C)N(Cc1c(-c2ccccc2)noc1N1CCOCC1)C(=O)c1ccccc1F. The molecule has 1 saturated heterocycles. The third-order valence-corrected chi connectivity index (χ3v) is 5.43. The summed E-state index contributed by atoms with van der Waals surface area (Å²) in [5.74, 6) is -0.254. The molecule has 1 amide bonds. The Kier molecular flexibility index (Phi) is 6.32. The third kappa shape index (κ3) is 4.46. The van der Waals surface area contributed by atoms with Gasteiger partial charge in [0.25, 0.3) is 5.91 Å². The normalized spacial score (nSPS) is 14.1. The van der Waals surface area contributed by atoms with Crippen molar-refractivity contribution < 1.29 is 18.4 Å². The molecule has 0 radical (unpaired) electrons. The quantitative estimate of drug-likeness (QED) is 0.589. The molecule has 0 unspecified atom stereocenters. The number of rotatable bonds is 6. The number of hydrogen-bond donors (Lipinski definition) is 0. The van der Waals surface area contributed by atoms with Gasteiger partial charge in [-0.15, -0.1) is 0 Å². The molecule has 2 aromatic carbocycles. The Morgan fingerprint density at radius 2 is 1.77 bits per heavy atom. The van der Waals surface area contributed by atoms with E-state index in [0.717, 1.165) is 11.1 Å². The average molecular weight is 423 g/mol. The summed E-state index contributed by atoms with van der Waals surface area (Å²) >= 11 is 0. The second-order valence-corrected chi connectivity index (χ2v) is 7.79. The monoisotopic (exact) mass is 423 g/mol. The summed E-state index contributed by atoms with van der Waals surface area (Å²) in [7, 11) is 0. The minimum absolute atomic E-state index is 0.0573. The summed E-state index contributed by atoms with van der Waals surface area (Å²) in [5, 5.41) is 4.35. The van der Waals surface area contributed by atoms with E-state index in [1.807, 2.05) is 44.2 Å². The van der Waals surface area contributed by atoms with E-state index >= 15 is 0 Å². The van der Waals surface area contributed by atoms with Crippen LogP contribution in [0, 0.1) is 5.82 Å². The Morgan fingerprint density at radius 1 is 1.10 bits per heavy atom. The highest BCUT2D eigenvalue weighted by Gasteiger charge is 2.29. The fourth-order valence-corrected chi connectivity index (χ4v) is 3.73. The molecule has 0 bridgehead atoms. The molecule has 162 valence electrons. The van der Waals surface area contributed by atoms with Crippen molar-refractivity contribution in [2.75, 3.05) is 31.2 Å². The predicted octanol–water partition coefficient (Wildman–Crippen LogP) is 4.37. The molecule has 3 aromatic rings.